The Balaban J connectivity index is 1.81. The minimum absolute atomic E-state index is 0.254. The van der Waals surface area contributed by atoms with Crippen molar-refractivity contribution < 1.29 is 23.9 Å². The third-order valence-corrected chi connectivity index (χ3v) is 7.40. The van der Waals surface area contributed by atoms with Crippen molar-refractivity contribution in [3.8, 4) is 5.75 Å². The first-order chi connectivity index (χ1) is 14.9. The molecule has 156 valence electrons. The number of Topliss-reactive ketones (excluding diaryl/α,β-unsaturated/α-hetero) is 1. The molecule has 0 spiro atoms. The van der Waals surface area contributed by atoms with Gasteiger partial charge in [-0.05, 0) is 35.4 Å². The molecule has 0 N–H and O–H groups in total. The molecule has 3 aromatic rings. The number of methoxy groups -OCH3 is 1. The first-order valence-corrected chi connectivity index (χ1v) is 10.9. The number of ketones is 1. The maximum Gasteiger partial charge on any atom is 0.330 e. The summed E-state index contributed by atoms with van der Waals surface area (Å²) in [6.07, 6.45) is 0.291. The van der Waals surface area contributed by atoms with Crippen molar-refractivity contribution in [2.75, 3.05) is 7.11 Å². The third kappa shape index (κ3) is 2.34. The zero-order valence-corrected chi connectivity index (χ0v) is 18.6. The van der Waals surface area contributed by atoms with E-state index in [2.05, 4.69) is 15.9 Å². The van der Waals surface area contributed by atoms with Gasteiger partial charge in [-0.25, -0.2) is 0 Å². The van der Waals surface area contributed by atoms with Gasteiger partial charge in [-0.3, -0.25) is 14.4 Å². The fourth-order valence-corrected chi connectivity index (χ4v) is 5.76. The van der Waals surface area contributed by atoms with E-state index in [1.54, 1.807) is 30.3 Å². The molecule has 1 aliphatic carbocycles. The number of carbonyl (C=O) groups excluding carboxylic acids is 3. The molecule has 1 heterocycles. The first-order valence-electron chi connectivity index (χ1n) is 10.1. The second kappa shape index (κ2) is 6.76. The fraction of sp³-hybridized carbons (Fsp3) is 0.240. The van der Waals surface area contributed by atoms with E-state index in [4.69, 9.17) is 9.47 Å². The lowest BCUT2D eigenvalue weighted by atomic mass is 9.83. The molecule has 1 saturated carbocycles. The summed E-state index contributed by atoms with van der Waals surface area (Å²) in [5, 5.41) is 1.82. The van der Waals surface area contributed by atoms with Crippen LogP contribution in [0.15, 0.2) is 65.1 Å². The number of hydrogen-bond acceptors (Lipinski definition) is 5. The van der Waals surface area contributed by atoms with Gasteiger partial charge in [0.2, 0.25) is 0 Å². The van der Waals surface area contributed by atoms with Crippen LogP contribution in [0.4, 0.5) is 0 Å². The van der Waals surface area contributed by atoms with Gasteiger partial charge in [0.05, 0.1) is 12.5 Å². The fourth-order valence-electron chi connectivity index (χ4n) is 5.50. The van der Waals surface area contributed by atoms with Crippen LogP contribution in [0, 0.1) is 10.8 Å². The Kier molecular flexibility index (Phi) is 4.35. The number of carbonyl (C=O) groups is 3. The molecule has 0 saturated heterocycles. The lowest BCUT2D eigenvalue weighted by molar-refractivity contribution is -0.160. The second-order valence-corrected chi connectivity index (χ2v) is 8.90. The van der Waals surface area contributed by atoms with Gasteiger partial charge in [0.25, 0.3) is 0 Å². The van der Waals surface area contributed by atoms with Crippen molar-refractivity contribution in [2.24, 2.45) is 10.8 Å². The Bertz CT molecular complexity index is 1260. The average Bonchev–Trinajstić information content (AvgIpc) is 3.44. The molecule has 3 aromatic carbocycles. The van der Waals surface area contributed by atoms with Gasteiger partial charge in [0.15, 0.2) is 11.2 Å². The molecular weight excluding hydrogens is 460 g/mol. The number of ether oxygens (including phenoxy) is 2. The predicted octanol–water partition coefficient (Wildman–Crippen LogP) is 5.06. The van der Waals surface area contributed by atoms with Crippen molar-refractivity contribution in [1.29, 1.82) is 0 Å². The van der Waals surface area contributed by atoms with Crippen molar-refractivity contribution in [1.82, 2.24) is 0 Å². The van der Waals surface area contributed by atoms with E-state index in [9.17, 15) is 14.4 Å². The lowest BCUT2D eigenvalue weighted by Crippen LogP contribution is -2.40. The van der Waals surface area contributed by atoms with Crippen molar-refractivity contribution in [3.63, 3.8) is 0 Å². The highest BCUT2D eigenvalue weighted by atomic mass is 79.9. The predicted molar refractivity (Wildman–Crippen MR) is 118 cm³/mol. The van der Waals surface area contributed by atoms with Crippen LogP contribution in [0.1, 0.15) is 35.2 Å². The first kappa shape index (κ1) is 19.9. The highest BCUT2D eigenvalue weighted by Crippen LogP contribution is 2.80. The van der Waals surface area contributed by atoms with Crippen molar-refractivity contribution >= 4 is 44.4 Å². The van der Waals surface area contributed by atoms with Crippen LogP contribution < -0.4 is 4.74 Å². The number of fused-ring (bicyclic) bond motifs is 5. The molecular formula is C25H19BrO5. The SMILES string of the molecule is CC[C@]1(C(=O)c2ccc(Br)cc2)[C@@H]2c3c(ccc4ccccc34)OC(=O)[C@]21C(=O)OC. The summed E-state index contributed by atoms with van der Waals surface area (Å²) in [7, 11) is 1.24. The van der Waals surface area contributed by atoms with Crippen LogP contribution in [0.25, 0.3) is 10.8 Å². The van der Waals surface area contributed by atoms with Gasteiger partial charge in [-0.15, -0.1) is 0 Å². The molecule has 2 aliphatic rings. The quantitative estimate of drug-likeness (QED) is 0.227. The standard InChI is InChI=1S/C25H19BrO5/c1-3-24(21(27)15-8-11-16(26)12-9-15)20-19-17-7-5-4-6-14(17)10-13-18(19)31-23(29)25(20,24)22(28)30-2/h4-13,20H,3H2,1-2H3/t20-,24+,25+/m0/s1. The summed E-state index contributed by atoms with van der Waals surface area (Å²) in [6.45, 7) is 1.83. The summed E-state index contributed by atoms with van der Waals surface area (Å²) in [5.41, 5.74) is -1.81. The van der Waals surface area contributed by atoms with Crippen LogP contribution in [-0.2, 0) is 14.3 Å². The van der Waals surface area contributed by atoms with Gasteiger partial charge in [0, 0.05) is 21.5 Å². The molecule has 0 bridgehead atoms. The molecule has 3 atom stereocenters. The summed E-state index contributed by atoms with van der Waals surface area (Å²) in [5.74, 6) is -1.97. The number of benzene rings is 3. The van der Waals surface area contributed by atoms with E-state index < -0.39 is 28.7 Å². The van der Waals surface area contributed by atoms with E-state index in [0.29, 0.717) is 17.7 Å². The molecule has 0 unspecified atom stereocenters. The highest BCUT2D eigenvalue weighted by molar-refractivity contribution is 9.10. The Labute approximate surface area is 187 Å². The molecule has 5 rings (SSSR count). The van der Waals surface area contributed by atoms with Gasteiger partial charge >= 0.3 is 11.9 Å². The molecule has 0 aromatic heterocycles. The number of halogens is 1. The van der Waals surface area contributed by atoms with Crippen LogP contribution in [0.2, 0.25) is 0 Å². The lowest BCUT2D eigenvalue weighted by Gasteiger charge is -2.23. The summed E-state index contributed by atoms with van der Waals surface area (Å²) < 4.78 is 11.6. The molecule has 1 fully saturated rings. The van der Waals surface area contributed by atoms with Crippen molar-refractivity contribution in [2.45, 2.75) is 19.3 Å². The monoisotopic (exact) mass is 478 g/mol. The smallest absolute Gasteiger partial charge is 0.330 e. The largest absolute Gasteiger partial charge is 0.468 e. The molecule has 0 amide bonds. The van der Waals surface area contributed by atoms with E-state index in [-0.39, 0.29) is 5.78 Å². The number of hydrogen-bond donors (Lipinski definition) is 0. The second-order valence-electron chi connectivity index (χ2n) is 7.98. The zero-order chi connectivity index (χ0) is 22.0. The van der Waals surface area contributed by atoms with E-state index in [1.165, 1.54) is 7.11 Å². The summed E-state index contributed by atoms with van der Waals surface area (Å²) in [4.78, 5) is 40.4. The molecule has 5 nitrogen and oxygen atoms in total. The average molecular weight is 479 g/mol. The van der Waals surface area contributed by atoms with Crippen LogP contribution in [-0.4, -0.2) is 24.8 Å². The van der Waals surface area contributed by atoms with Gasteiger partial charge in [0.1, 0.15) is 5.75 Å². The Hall–Kier alpha value is -2.99. The maximum absolute atomic E-state index is 13.9. The molecule has 31 heavy (non-hydrogen) atoms. The van der Waals surface area contributed by atoms with Gasteiger partial charge < -0.3 is 9.47 Å². The minimum atomic E-state index is -1.70. The number of rotatable bonds is 4. The molecule has 6 heteroatoms. The Morgan fingerprint density at radius 2 is 1.77 bits per heavy atom. The maximum atomic E-state index is 13.9. The van der Waals surface area contributed by atoms with Crippen LogP contribution >= 0.6 is 15.9 Å². The van der Waals surface area contributed by atoms with Crippen LogP contribution in [0.5, 0.6) is 5.75 Å². The molecule has 1 aliphatic heterocycles. The van der Waals surface area contributed by atoms with E-state index in [0.717, 1.165) is 20.8 Å². The Morgan fingerprint density at radius 1 is 1.06 bits per heavy atom. The normalized spacial score (nSPS) is 25.9. The van der Waals surface area contributed by atoms with Gasteiger partial charge in [-0.1, -0.05) is 65.3 Å². The van der Waals surface area contributed by atoms with Gasteiger partial charge in [-0.2, -0.15) is 0 Å². The third-order valence-electron chi connectivity index (χ3n) is 6.87. The van der Waals surface area contributed by atoms with E-state index in [1.807, 2.05) is 37.3 Å². The van der Waals surface area contributed by atoms with Crippen molar-refractivity contribution in [3.05, 3.63) is 76.3 Å². The van der Waals surface area contributed by atoms with Crippen LogP contribution in [0.3, 0.4) is 0 Å². The van der Waals surface area contributed by atoms with E-state index >= 15 is 0 Å². The molecule has 0 radical (unpaired) electrons. The zero-order valence-electron chi connectivity index (χ0n) is 17.0. The summed E-state index contributed by atoms with van der Waals surface area (Å²) >= 11 is 3.38. The summed E-state index contributed by atoms with van der Waals surface area (Å²) in [6, 6.07) is 18.3. The Morgan fingerprint density at radius 3 is 2.45 bits per heavy atom. The number of esters is 2. The minimum Gasteiger partial charge on any atom is -0.468 e. The highest BCUT2D eigenvalue weighted by Gasteiger charge is 2.90. The topological polar surface area (TPSA) is 69.7 Å².